The summed E-state index contributed by atoms with van der Waals surface area (Å²) in [6, 6.07) is 18.3. The van der Waals surface area contributed by atoms with E-state index in [1.807, 2.05) is 30.3 Å². The van der Waals surface area contributed by atoms with E-state index in [0.717, 1.165) is 17.8 Å². The molecule has 0 bridgehead atoms. The quantitative estimate of drug-likeness (QED) is 0.151. The van der Waals surface area contributed by atoms with Gasteiger partial charge in [0.2, 0.25) is 0 Å². The van der Waals surface area contributed by atoms with Gasteiger partial charge in [-0.1, -0.05) is 41.9 Å². The average Bonchev–Trinajstić information content (AvgIpc) is 3.28. The highest BCUT2D eigenvalue weighted by atomic mass is 35.5. The number of carbonyl (C=O) groups excluding carboxylic acids is 1. The van der Waals surface area contributed by atoms with Crippen LogP contribution < -0.4 is 19.2 Å². The molecule has 0 aliphatic rings. The fourth-order valence-corrected chi connectivity index (χ4v) is 5.87. The first kappa shape index (κ1) is 30.0. The first-order chi connectivity index (χ1) is 20.1. The number of para-hydroxylation sites is 2. The van der Waals surface area contributed by atoms with Gasteiger partial charge in [-0.3, -0.25) is 19.2 Å². The number of nitro groups is 1. The Balaban J connectivity index is 1.66. The third-order valence-corrected chi connectivity index (χ3v) is 8.16. The number of halogens is 1. The molecule has 4 aromatic rings. The lowest BCUT2D eigenvalue weighted by Gasteiger charge is -2.25. The maximum absolute atomic E-state index is 13.8. The predicted molar refractivity (Wildman–Crippen MR) is 156 cm³/mol. The predicted octanol–water partition coefficient (Wildman–Crippen LogP) is 4.11. The summed E-state index contributed by atoms with van der Waals surface area (Å²) in [7, 11) is -1.95. The van der Waals surface area contributed by atoms with Crippen LogP contribution in [-0.4, -0.2) is 56.0 Å². The molecule has 218 valence electrons. The van der Waals surface area contributed by atoms with Gasteiger partial charge in [0.25, 0.3) is 21.6 Å². The van der Waals surface area contributed by atoms with Crippen molar-refractivity contribution in [3.05, 3.63) is 99.3 Å². The number of hydrazone groups is 1. The van der Waals surface area contributed by atoms with Crippen LogP contribution in [-0.2, 0) is 14.8 Å². The number of nitro benzene ring substituents is 1. The van der Waals surface area contributed by atoms with E-state index in [9.17, 15) is 23.3 Å². The minimum absolute atomic E-state index is 0.0449. The SMILES string of the molecule is COc1ccc(N(CC(=O)N/N=C\c2c(Cl)nn(-c3ccccc3)c2C)S(=O)(=O)c2ccccc2[N+](=O)[O-])c(OC)c1. The summed E-state index contributed by atoms with van der Waals surface area (Å²) in [6.07, 6.45) is 1.29. The van der Waals surface area contributed by atoms with Crippen molar-refractivity contribution in [3.63, 3.8) is 0 Å². The number of nitrogens with one attached hydrogen (secondary N) is 1. The largest absolute Gasteiger partial charge is 0.497 e. The Morgan fingerprint density at radius 3 is 2.48 bits per heavy atom. The van der Waals surface area contributed by atoms with Crippen LogP contribution in [0.5, 0.6) is 11.5 Å². The number of anilines is 1. The lowest BCUT2D eigenvalue weighted by molar-refractivity contribution is -0.387. The normalized spacial score (nSPS) is 11.3. The summed E-state index contributed by atoms with van der Waals surface area (Å²) in [5.41, 5.74) is 3.42. The van der Waals surface area contributed by atoms with E-state index >= 15 is 0 Å². The Kier molecular flexibility index (Phi) is 9.08. The van der Waals surface area contributed by atoms with E-state index in [-0.39, 0.29) is 16.6 Å². The molecule has 0 aliphatic carbocycles. The zero-order valence-corrected chi connectivity index (χ0v) is 24.2. The summed E-state index contributed by atoms with van der Waals surface area (Å²) in [5, 5.41) is 20.0. The molecule has 15 heteroatoms. The van der Waals surface area contributed by atoms with Gasteiger partial charge in [0, 0.05) is 12.1 Å². The van der Waals surface area contributed by atoms with Crippen LogP contribution >= 0.6 is 11.6 Å². The second-order valence-corrected chi connectivity index (χ2v) is 10.8. The molecule has 1 N–H and O–H groups in total. The number of benzene rings is 3. The van der Waals surface area contributed by atoms with E-state index in [4.69, 9.17) is 21.1 Å². The van der Waals surface area contributed by atoms with Crippen molar-refractivity contribution in [2.75, 3.05) is 25.1 Å². The molecule has 0 saturated carbocycles. The summed E-state index contributed by atoms with van der Waals surface area (Å²) in [4.78, 5) is 23.3. The van der Waals surface area contributed by atoms with Crippen LogP contribution in [0.3, 0.4) is 0 Å². The van der Waals surface area contributed by atoms with Crippen LogP contribution in [0.25, 0.3) is 5.69 Å². The minimum Gasteiger partial charge on any atom is -0.497 e. The molecule has 13 nitrogen and oxygen atoms in total. The number of aromatic nitrogens is 2. The number of methoxy groups -OCH3 is 2. The highest BCUT2D eigenvalue weighted by molar-refractivity contribution is 7.93. The van der Waals surface area contributed by atoms with Gasteiger partial charge in [-0.05, 0) is 37.3 Å². The van der Waals surface area contributed by atoms with Crippen molar-refractivity contribution in [2.45, 2.75) is 11.8 Å². The summed E-state index contributed by atoms with van der Waals surface area (Å²) >= 11 is 6.30. The Morgan fingerprint density at radius 1 is 1.12 bits per heavy atom. The number of nitrogens with zero attached hydrogens (tertiary/aromatic N) is 5. The molecular weight excluding hydrogens is 588 g/mol. The molecular formula is C27H25ClN6O7S. The summed E-state index contributed by atoms with van der Waals surface area (Å²) < 4.78 is 40.5. The van der Waals surface area contributed by atoms with Gasteiger partial charge in [0.1, 0.15) is 18.0 Å². The fraction of sp³-hybridized carbons (Fsp3) is 0.148. The third kappa shape index (κ3) is 6.19. The van der Waals surface area contributed by atoms with Crippen LogP contribution in [0, 0.1) is 17.0 Å². The standard InChI is InChI=1S/C27H25ClN6O7S/c1-18-21(27(28)31-33(18)19-9-5-4-6-10-19)16-29-30-26(35)17-32(22-14-13-20(40-2)15-24(22)41-3)42(38,39)25-12-8-7-11-23(25)34(36)37/h4-16H,17H2,1-3H3,(H,30,35)/b29-16-. The summed E-state index contributed by atoms with van der Waals surface area (Å²) in [5.74, 6) is -0.449. The first-order valence-corrected chi connectivity index (χ1v) is 14.0. The second-order valence-electron chi connectivity index (χ2n) is 8.60. The van der Waals surface area contributed by atoms with E-state index in [0.29, 0.717) is 21.3 Å². The van der Waals surface area contributed by atoms with Gasteiger partial charge in [0.15, 0.2) is 10.0 Å². The molecule has 42 heavy (non-hydrogen) atoms. The average molecular weight is 613 g/mol. The van der Waals surface area contributed by atoms with E-state index in [2.05, 4.69) is 15.6 Å². The van der Waals surface area contributed by atoms with Gasteiger partial charge < -0.3 is 9.47 Å². The molecule has 0 atom stereocenters. The van der Waals surface area contributed by atoms with E-state index < -0.39 is 38.0 Å². The number of rotatable bonds is 11. The Bertz CT molecular complexity index is 1760. The van der Waals surface area contributed by atoms with Crippen LogP contribution in [0.15, 0.2) is 82.8 Å². The van der Waals surface area contributed by atoms with E-state index in [1.54, 1.807) is 11.6 Å². The number of hydrogen-bond acceptors (Lipinski definition) is 9. The summed E-state index contributed by atoms with van der Waals surface area (Å²) in [6.45, 7) is 0.969. The van der Waals surface area contributed by atoms with Crippen molar-refractivity contribution in [1.29, 1.82) is 0 Å². The minimum atomic E-state index is -4.67. The van der Waals surface area contributed by atoms with Gasteiger partial charge in [-0.25, -0.2) is 18.5 Å². The van der Waals surface area contributed by atoms with Gasteiger partial charge in [0.05, 0.1) is 48.0 Å². The second kappa shape index (κ2) is 12.7. The molecule has 1 amide bonds. The molecule has 0 saturated heterocycles. The maximum atomic E-state index is 13.8. The number of amides is 1. The smallest absolute Gasteiger partial charge is 0.289 e. The van der Waals surface area contributed by atoms with Crippen LogP contribution in [0.2, 0.25) is 5.15 Å². The van der Waals surface area contributed by atoms with Gasteiger partial charge >= 0.3 is 0 Å². The lowest BCUT2D eigenvalue weighted by Crippen LogP contribution is -2.40. The highest BCUT2D eigenvalue weighted by Gasteiger charge is 2.34. The Morgan fingerprint density at radius 2 is 1.81 bits per heavy atom. The molecule has 0 fully saturated rings. The van der Waals surface area contributed by atoms with Gasteiger partial charge in [-0.2, -0.15) is 10.2 Å². The highest BCUT2D eigenvalue weighted by Crippen LogP contribution is 2.37. The number of hydrogen-bond donors (Lipinski definition) is 1. The third-order valence-electron chi connectivity index (χ3n) is 6.07. The zero-order chi connectivity index (χ0) is 30.4. The monoisotopic (exact) mass is 612 g/mol. The van der Waals surface area contributed by atoms with Crippen molar-refractivity contribution in [3.8, 4) is 17.2 Å². The Labute approximate surface area is 246 Å². The van der Waals surface area contributed by atoms with Crippen molar-refractivity contribution < 1.29 is 27.6 Å². The van der Waals surface area contributed by atoms with Crippen molar-refractivity contribution in [1.82, 2.24) is 15.2 Å². The lowest BCUT2D eigenvalue weighted by atomic mass is 10.2. The fourth-order valence-electron chi connectivity index (χ4n) is 4.02. The molecule has 0 unspecified atom stereocenters. The first-order valence-electron chi connectivity index (χ1n) is 12.2. The van der Waals surface area contributed by atoms with Crippen LogP contribution in [0.4, 0.5) is 11.4 Å². The molecule has 1 heterocycles. The molecule has 3 aromatic carbocycles. The molecule has 0 radical (unpaired) electrons. The zero-order valence-electron chi connectivity index (χ0n) is 22.6. The molecule has 4 rings (SSSR count). The molecule has 1 aromatic heterocycles. The number of sulfonamides is 1. The molecule has 0 aliphatic heterocycles. The van der Waals surface area contributed by atoms with Crippen molar-refractivity contribution in [2.24, 2.45) is 5.10 Å². The molecule has 0 spiro atoms. The number of ether oxygens (including phenoxy) is 2. The number of carbonyl (C=O) groups is 1. The topological polar surface area (TPSA) is 158 Å². The maximum Gasteiger partial charge on any atom is 0.289 e. The van der Waals surface area contributed by atoms with Crippen LogP contribution in [0.1, 0.15) is 11.3 Å². The van der Waals surface area contributed by atoms with E-state index in [1.165, 1.54) is 50.8 Å². The van der Waals surface area contributed by atoms with Gasteiger partial charge in [-0.15, -0.1) is 0 Å². The van der Waals surface area contributed by atoms with Crippen molar-refractivity contribution >= 4 is 45.1 Å². The Hall–Kier alpha value is -4.95.